The number of nitrogen functional groups attached to an aromatic ring is 1. The second-order valence-corrected chi connectivity index (χ2v) is 6.49. The molecule has 0 spiro atoms. The minimum absolute atomic E-state index is 0.264. The summed E-state index contributed by atoms with van der Waals surface area (Å²) in [6, 6.07) is 13.7. The Labute approximate surface area is 119 Å². The highest BCUT2D eigenvalue weighted by Crippen LogP contribution is 2.25. The topological polar surface area (TPSA) is 63.4 Å². The van der Waals surface area contributed by atoms with E-state index < -0.39 is 10.0 Å². The van der Waals surface area contributed by atoms with Crippen LogP contribution in [0, 0.1) is 0 Å². The maximum absolute atomic E-state index is 12.5. The lowest BCUT2D eigenvalue weighted by atomic mass is 10.1. The molecular formula is C15H18N2O2S. The van der Waals surface area contributed by atoms with Gasteiger partial charge in [-0.2, -0.15) is 0 Å². The quantitative estimate of drug-likeness (QED) is 0.880. The number of benzene rings is 2. The van der Waals surface area contributed by atoms with Crippen LogP contribution in [-0.4, -0.2) is 15.5 Å². The molecule has 0 saturated heterocycles. The SMILES string of the molecule is CCc1ccc(N(C)S(=O)(=O)c2ccccc2)cc1N. The van der Waals surface area contributed by atoms with Crippen molar-refractivity contribution in [3.8, 4) is 0 Å². The van der Waals surface area contributed by atoms with Gasteiger partial charge < -0.3 is 5.73 Å². The third kappa shape index (κ3) is 2.63. The lowest BCUT2D eigenvalue weighted by Crippen LogP contribution is -2.26. The molecule has 0 aromatic heterocycles. The van der Waals surface area contributed by atoms with Crippen LogP contribution in [0.25, 0.3) is 0 Å². The number of anilines is 2. The van der Waals surface area contributed by atoms with E-state index in [0.29, 0.717) is 11.4 Å². The molecule has 0 bridgehead atoms. The summed E-state index contributed by atoms with van der Waals surface area (Å²) in [5.74, 6) is 0. The highest BCUT2D eigenvalue weighted by Gasteiger charge is 2.21. The van der Waals surface area contributed by atoms with Crippen molar-refractivity contribution in [1.82, 2.24) is 0 Å². The van der Waals surface area contributed by atoms with Crippen molar-refractivity contribution in [2.24, 2.45) is 0 Å². The molecule has 2 N–H and O–H groups in total. The zero-order chi connectivity index (χ0) is 14.8. The number of aryl methyl sites for hydroxylation is 1. The largest absolute Gasteiger partial charge is 0.398 e. The molecule has 5 heteroatoms. The first-order valence-electron chi connectivity index (χ1n) is 6.39. The summed E-state index contributed by atoms with van der Waals surface area (Å²) in [5, 5.41) is 0. The van der Waals surface area contributed by atoms with Gasteiger partial charge in [0.1, 0.15) is 0 Å². The van der Waals surface area contributed by atoms with E-state index in [1.165, 1.54) is 11.4 Å². The lowest BCUT2D eigenvalue weighted by molar-refractivity contribution is 0.594. The van der Waals surface area contributed by atoms with Crippen LogP contribution in [0.4, 0.5) is 11.4 Å². The summed E-state index contributed by atoms with van der Waals surface area (Å²) in [6.45, 7) is 2.01. The standard InChI is InChI=1S/C15H18N2O2S/c1-3-12-9-10-13(11-15(12)16)17(2)20(18,19)14-7-5-4-6-8-14/h4-11H,3,16H2,1-2H3. The molecular weight excluding hydrogens is 272 g/mol. The second kappa shape index (κ2) is 5.54. The molecule has 0 radical (unpaired) electrons. The normalized spacial score (nSPS) is 11.3. The Kier molecular flexibility index (Phi) is 3.99. The Bertz CT molecular complexity index is 697. The number of rotatable bonds is 4. The van der Waals surface area contributed by atoms with Crippen LogP contribution in [-0.2, 0) is 16.4 Å². The van der Waals surface area contributed by atoms with Gasteiger partial charge in [-0.1, -0.05) is 31.2 Å². The van der Waals surface area contributed by atoms with Crippen molar-refractivity contribution in [3.63, 3.8) is 0 Å². The van der Waals surface area contributed by atoms with Crippen LogP contribution < -0.4 is 10.0 Å². The van der Waals surface area contributed by atoms with Crippen LogP contribution in [0.2, 0.25) is 0 Å². The van der Waals surface area contributed by atoms with Gasteiger partial charge in [0.2, 0.25) is 0 Å². The average Bonchev–Trinajstić information content (AvgIpc) is 2.47. The fraction of sp³-hybridized carbons (Fsp3) is 0.200. The van der Waals surface area contributed by atoms with Gasteiger partial charge >= 0.3 is 0 Å². The minimum atomic E-state index is -3.55. The van der Waals surface area contributed by atoms with Gasteiger partial charge in [0.15, 0.2) is 0 Å². The molecule has 0 aliphatic rings. The summed E-state index contributed by atoms with van der Waals surface area (Å²) in [4.78, 5) is 0.264. The van der Waals surface area contributed by atoms with Crippen molar-refractivity contribution in [1.29, 1.82) is 0 Å². The smallest absolute Gasteiger partial charge is 0.264 e. The first kappa shape index (κ1) is 14.4. The zero-order valence-corrected chi connectivity index (χ0v) is 12.4. The molecule has 0 aliphatic heterocycles. The molecule has 0 aliphatic carbocycles. The maximum Gasteiger partial charge on any atom is 0.264 e. The van der Waals surface area contributed by atoms with Gasteiger partial charge in [-0.3, -0.25) is 4.31 Å². The van der Waals surface area contributed by atoms with Gasteiger partial charge in [0.25, 0.3) is 10.0 Å². The summed E-state index contributed by atoms with van der Waals surface area (Å²) < 4.78 is 26.2. The number of hydrogen-bond donors (Lipinski definition) is 1. The second-order valence-electron chi connectivity index (χ2n) is 4.52. The molecule has 20 heavy (non-hydrogen) atoms. The average molecular weight is 290 g/mol. The van der Waals surface area contributed by atoms with Gasteiger partial charge in [-0.05, 0) is 36.2 Å². The molecule has 2 aromatic carbocycles. The Morgan fingerprint density at radius 2 is 1.75 bits per heavy atom. The predicted octanol–water partition coefficient (Wildman–Crippen LogP) is 2.66. The first-order chi connectivity index (χ1) is 9.46. The van der Waals surface area contributed by atoms with Crippen molar-refractivity contribution in [2.45, 2.75) is 18.2 Å². The number of nitrogens with zero attached hydrogens (tertiary/aromatic N) is 1. The van der Waals surface area contributed by atoms with E-state index in [9.17, 15) is 8.42 Å². The van der Waals surface area contributed by atoms with E-state index >= 15 is 0 Å². The summed E-state index contributed by atoms with van der Waals surface area (Å²) in [7, 11) is -2.02. The van der Waals surface area contributed by atoms with E-state index in [1.54, 1.807) is 42.5 Å². The molecule has 0 heterocycles. The van der Waals surface area contributed by atoms with E-state index in [-0.39, 0.29) is 4.90 Å². The number of sulfonamides is 1. The van der Waals surface area contributed by atoms with Crippen molar-refractivity contribution in [2.75, 3.05) is 17.1 Å². The Hall–Kier alpha value is -2.01. The van der Waals surface area contributed by atoms with Crippen LogP contribution in [0.3, 0.4) is 0 Å². The summed E-state index contributed by atoms with van der Waals surface area (Å²) in [5.41, 5.74) is 8.11. The highest BCUT2D eigenvalue weighted by molar-refractivity contribution is 7.92. The van der Waals surface area contributed by atoms with Gasteiger partial charge in [0, 0.05) is 12.7 Å². The van der Waals surface area contributed by atoms with Gasteiger partial charge in [-0.25, -0.2) is 8.42 Å². The molecule has 0 fully saturated rings. The molecule has 0 unspecified atom stereocenters. The van der Waals surface area contributed by atoms with Crippen LogP contribution in [0.5, 0.6) is 0 Å². The van der Waals surface area contributed by atoms with E-state index in [2.05, 4.69) is 0 Å². The van der Waals surface area contributed by atoms with E-state index in [0.717, 1.165) is 12.0 Å². The van der Waals surface area contributed by atoms with E-state index in [1.807, 2.05) is 13.0 Å². The molecule has 2 rings (SSSR count). The molecule has 4 nitrogen and oxygen atoms in total. The number of nitrogens with two attached hydrogens (primary N) is 1. The predicted molar refractivity (Wildman–Crippen MR) is 82.3 cm³/mol. The minimum Gasteiger partial charge on any atom is -0.398 e. The fourth-order valence-electron chi connectivity index (χ4n) is 1.99. The summed E-state index contributed by atoms with van der Waals surface area (Å²) in [6.07, 6.45) is 0.821. The maximum atomic E-state index is 12.5. The Morgan fingerprint density at radius 3 is 2.30 bits per heavy atom. The zero-order valence-electron chi connectivity index (χ0n) is 11.6. The molecule has 2 aromatic rings. The van der Waals surface area contributed by atoms with Crippen LogP contribution >= 0.6 is 0 Å². The lowest BCUT2D eigenvalue weighted by Gasteiger charge is -2.20. The molecule has 0 saturated carbocycles. The third-order valence-corrected chi connectivity index (χ3v) is 5.08. The van der Waals surface area contributed by atoms with Gasteiger partial charge in [-0.15, -0.1) is 0 Å². The fourth-order valence-corrected chi connectivity index (χ4v) is 3.20. The first-order valence-corrected chi connectivity index (χ1v) is 7.83. The third-order valence-electron chi connectivity index (χ3n) is 3.28. The Morgan fingerprint density at radius 1 is 1.10 bits per heavy atom. The Balaban J connectivity index is 2.41. The van der Waals surface area contributed by atoms with Gasteiger partial charge in [0.05, 0.1) is 10.6 Å². The molecule has 106 valence electrons. The molecule has 0 amide bonds. The van der Waals surface area contributed by atoms with E-state index in [4.69, 9.17) is 5.73 Å². The monoisotopic (exact) mass is 290 g/mol. The highest BCUT2D eigenvalue weighted by atomic mass is 32.2. The van der Waals surface area contributed by atoms with Crippen LogP contribution in [0.1, 0.15) is 12.5 Å². The van der Waals surface area contributed by atoms with Crippen molar-refractivity contribution >= 4 is 21.4 Å². The van der Waals surface area contributed by atoms with Crippen molar-refractivity contribution < 1.29 is 8.42 Å². The van der Waals surface area contributed by atoms with Crippen LogP contribution in [0.15, 0.2) is 53.4 Å². The summed E-state index contributed by atoms with van der Waals surface area (Å²) >= 11 is 0. The molecule has 0 atom stereocenters. The number of hydrogen-bond acceptors (Lipinski definition) is 3. The van der Waals surface area contributed by atoms with Crippen molar-refractivity contribution in [3.05, 3.63) is 54.1 Å².